The number of aromatic nitrogens is 2. The van der Waals surface area contributed by atoms with Crippen molar-refractivity contribution in [2.75, 3.05) is 13.1 Å². The van der Waals surface area contributed by atoms with Crippen LogP contribution in [-0.2, 0) is 4.79 Å². The molecule has 4 rings (SSSR count). The third kappa shape index (κ3) is 2.33. The summed E-state index contributed by atoms with van der Waals surface area (Å²) in [6.07, 6.45) is 3.44. The fourth-order valence-electron chi connectivity index (χ4n) is 3.21. The molecule has 2 heterocycles. The quantitative estimate of drug-likeness (QED) is 0.866. The van der Waals surface area contributed by atoms with E-state index in [1.165, 1.54) is 12.0 Å². The molecule has 0 N–H and O–H groups in total. The maximum atomic E-state index is 12.4. The molecule has 21 heavy (non-hydrogen) atoms. The minimum absolute atomic E-state index is 0.119. The molecule has 0 unspecified atom stereocenters. The van der Waals surface area contributed by atoms with Gasteiger partial charge in [-0.05, 0) is 18.4 Å². The molecule has 108 valence electrons. The molecule has 2 fully saturated rings. The van der Waals surface area contributed by atoms with Crippen molar-refractivity contribution in [3.63, 3.8) is 0 Å². The monoisotopic (exact) mass is 283 g/mol. The third-order valence-electron chi connectivity index (χ3n) is 4.50. The minimum Gasteiger partial charge on any atom is -0.343 e. The Labute approximate surface area is 123 Å². The largest absolute Gasteiger partial charge is 0.343 e. The van der Waals surface area contributed by atoms with Crippen molar-refractivity contribution in [1.29, 1.82) is 0 Å². The molecule has 1 aromatic carbocycles. The highest BCUT2D eigenvalue weighted by Gasteiger charge is 2.43. The molecule has 2 atom stereocenters. The Morgan fingerprint density at radius 3 is 2.57 bits per heavy atom. The second-order valence-corrected chi connectivity index (χ2v) is 5.93. The van der Waals surface area contributed by atoms with Gasteiger partial charge in [0.1, 0.15) is 0 Å². The van der Waals surface area contributed by atoms with Crippen LogP contribution in [0, 0.1) is 5.92 Å². The highest BCUT2D eigenvalue weighted by molar-refractivity contribution is 5.81. The molecular formula is C16H17N3O2. The van der Waals surface area contributed by atoms with E-state index in [1.54, 1.807) is 0 Å². The van der Waals surface area contributed by atoms with Crippen molar-refractivity contribution < 1.29 is 9.32 Å². The zero-order valence-corrected chi connectivity index (χ0v) is 11.7. The topological polar surface area (TPSA) is 59.2 Å². The zero-order valence-electron chi connectivity index (χ0n) is 11.7. The maximum absolute atomic E-state index is 12.4. The number of nitrogens with zero attached hydrogens (tertiary/aromatic N) is 3. The first-order valence-corrected chi connectivity index (χ1v) is 7.43. The maximum Gasteiger partial charge on any atom is 0.225 e. The number of benzene rings is 1. The van der Waals surface area contributed by atoms with Gasteiger partial charge < -0.3 is 9.42 Å². The number of hydrogen-bond donors (Lipinski definition) is 0. The number of hydrogen-bond acceptors (Lipinski definition) is 4. The van der Waals surface area contributed by atoms with Gasteiger partial charge in [-0.15, -0.1) is 0 Å². The Kier molecular flexibility index (Phi) is 2.98. The van der Waals surface area contributed by atoms with Gasteiger partial charge in [0.2, 0.25) is 12.3 Å². The van der Waals surface area contributed by atoms with Gasteiger partial charge in [0.15, 0.2) is 5.82 Å². The molecule has 0 spiro atoms. The van der Waals surface area contributed by atoms with Crippen molar-refractivity contribution >= 4 is 5.91 Å². The Balaban J connectivity index is 1.63. The van der Waals surface area contributed by atoms with Crippen LogP contribution >= 0.6 is 0 Å². The van der Waals surface area contributed by atoms with E-state index in [0.717, 1.165) is 19.4 Å². The molecule has 1 saturated carbocycles. The molecule has 1 aliphatic heterocycles. The van der Waals surface area contributed by atoms with Crippen molar-refractivity contribution in [2.45, 2.75) is 24.7 Å². The van der Waals surface area contributed by atoms with Crippen LogP contribution in [0.2, 0.25) is 0 Å². The summed E-state index contributed by atoms with van der Waals surface area (Å²) in [6, 6.07) is 10.3. The van der Waals surface area contributed by atoms with Crippen molar-refractivity contribution in [3.8, 4) is 0 Å². The summed E-state index contributed by atoms with van der Waals surface area (Å²) < 4.78 is 4.90. The lowest BCUT2D eigenvalue weighted by Crippen LogP contribution is -2.30. The summed E-state index contributed by atoms with van der Waals surface area (Å²) >= 11 is 0. The summed E-state index contributed by atoms with van der Waals surface area (Å²) in [6.45, 7) is 1.44. The van der Waals surface area contributed by atoms with Crippen LogP contribution in [0.3, 0.4) is 0 Å². The standard InChI is InChI=1S/C16H17N3O2/c20-16(12-6-7-12)19-8-13(11-4-2-1-3-5-11)14(9-19)15-17-10-21-18-15/h1-5,10,12-14H,6-9H2/t13-,14-/m0/s1. The number of likely N-dealkylation sites (tertiary alicyclic amines) is 1. The van der Waals surface area contributed by atoms with Gasteiger partial charge >= 0.3 is 0 Å². The first-order valence-electron chi connectivity index (χ1n) is 7.43. The predicted octanol–water partition coefficient (Wildman–Crippen LogP) is 2.19. The lowest BCUT2D eigenvalue weighted by Gasteiger charge is -2.16. The normalized spacial score (nSPS) is 25.2. The fourth-order valence-corrected chi connectivity index (χ4v) is 3.21. The predicted molar refractivity (Wildman–Crippen MR) is 75.5 cm³/mol. The second kappa shape index (κ2) is 4.98. The molecule has 1 aromatic heterocycles. The second-order valence-electron chi connectivity index (χ2n) is 5.93. The van der Waals surface area contributed by atoms with Crippen LogP contribution in [0.1, 0.15) is 36.1 Å². The first kappa shape index (κ1) is 12.6. The summed E-state index contributed by atoms with van der Waals surface area (Å²) in [7, 11) is 0. The summed E-state index contributed by atoms with van der Waals surface area (Å²) in [5.74, 6) is 1.61. The van der Waals surface area contributed by atoms with E-state index in [9.17, 15) is 4.79 Å². The van der Waals surface area contributed by atoms with Crippen LogP contribution in [0.4, 0.5) is 0 Å². The zero-order chi connectivity index (χ0) is 14.2. The van der Waals surface area contributed by atoms with Gasteiger partial charge in [0.25, 0.3) is 0 Å². The van der Waals surface area contributed by atoms with Gasteiger partial charge in [-0.3, -0.25) is 4.79 Å². The fraction of sp³-hybridized carbons (Fsp3) is 0.438. The average Bonchev–Trinajstić information content (AvgIpc) is 3.06. The Bertz CT molecular complexity index is 622. The smallest absolute Gasteiger partial charge is 0.225 e. The highest BCUT2D eigenvalue weighted by Crippen LogP contribution is 2.41. The van der Waals surface area contributed by atoms with Gasteiger partial charge in [0, 0.05) is 30.8 Å². The van der Waals surface area contributed by atoms with E-state index in [-0.39, 0.29) is 17.8 Å². The Hall–Kier alpha value is -2.17. The molecule has 1 amide bonds. The Morgan fingerprint density at radius 2 is 1.90 bits per heavy atom. The van der Waals surface area contributed by atoms with Crippen LogP contribution in [-0.4, -0.2) is 34.0 Å². The molecule has 1 saturated heterocycles. The van der Waals surface area contributed by atoms with E-state index in [0.29, 0.717) is 18.3 Å². The van der Waals surface area contributed by atoms with Crippen LogP contribution in [0.25, 0.3) is 0 Å². The SMILES string of the molecule is O=C(C1CC1)N1C[C@H](c2ncon2)[C@H](c2ccccc2)C1. The molecular weight excluding hydrogens is 266 g/mol. The molecule has 5 nitrogen and oxygen atoms in total. The van der Waals surface area contributed by atoms with E-state index in [1.807, 2.05) is 23.1 Å². The van der Waals surface area contributed by atoms with E-state index in [2.05, 4.69) is 22.3 Å². The lowest BCUT2D eigenvalue weighted by molar-refractivity contribution is -0.131. The van der Waals surface area contributed by atoms with Gasteiger partial charge in [0.05, 0.1) is 0 Å². The number of carbonyl (C=O) groups is 1. The van der Waals surface area contributed by atoms with Crippen LogP contribution < -0.4 is 0 Å². The van der Waals surface area contributed by atoms with E-state index in [4.69, 9.17) is 4.52 Å². The van der Waals surface area contributed by atoms with Gasteiger partial charge in [-0.25, -0.2) is 0 Å². The molecule has 2 aromatic rings. The molecule has 5 heteroatoms. The highest BCUT2D eigenvalue weighted by atomic mass is 16.5. The minimum atomic E-state index is 0.119. The first-order chi connectivity index (χ1) is 10.3. The Morgan fingerprint density at radius 1 is 1.14 bits per heavy atom. The van der Waals surface area contributed by atoms with Crippen molar-refractivity contribution in [1.82, 2.24) is 15.0 Å². The number of rotatable bonds is 3. The molecule has 0 radical (unpaired) electrons. The van der Waals surface area contributed by atoms with Crippen LogP contribution in [0.15, 0.2) is 41.2 Å². The number of amides is 1. The van der Waals surface area contributed by atoms with Crippen molar-refractivity contribution in [3.05, 3.63) is 48.1 Å². The van der Waals surface area contributed by atoms with E-state index < -0.39 is 0 Å². The lowest BCUT2D eigenvalue weighted by atomic mass is 9.88. The summed E-state index contributed by atoms with van der Waals surface area (Å²) in [5, 5.41) is 4.00. The molecule has 1 aliphatic carbocycles. The number of carbonyl (C=O) groups excluding carboxylic acids is 1. The van der Waals surface area contributed by atoms with Crippen molar-refractivity contribution in [2.24, 2.45) is 5.92 Å². The van der Waals surface area contributed by atoms with E-state index >= 15 is 0 Å². The van der Waals surface area contributed by atoms with Gasteiger partial charge in [-0.1, -0.05) is 35.5 Å². The van der Waals surface area contributed by atoms with Crippen LogP contribution in [0.5, 0.6) is 0 Å². The summed E-state index contributed by atoms with van der Waals surface area (Å²) in [4.78, 5) is 18.6. The third-order valence-corrected chi connectivity index (χ3v) is 4.50. The average molecular weight is 283 g/mol. The van der Waals surface area contributed by atoms with Gasteiger partial charge in [-0.2, -0.15) is 4.98 Å². The molecule has 2 aliphatic rings. The molecule has 0 bridgehead atoms. The summed E-state index contributed by atoms with van der Waals surface area (Å²) in [5.41, 5.74) is 1.23.